The first-order valence-electron chi connectivity index (χ1n) is 9.41. The maximum Gasteiger partial charge on any atom is 0.257 e. The van der Waals surface area contributed by atoms with Crippen LogP contribution in [0.1, 0.15) is 22.3 Å². The third-order valence-electron chi connectivity index (χ3n) is 5.53. The van der Waals surface area contributed by atoms with Crippen LogP contribution in [0.5, 0.6) is 5.75 Å². The number of piperidine rings is 2. The van der Waals surface area contributed by atoms with Gasteiger partial charge in [-0.3, -0.25) is 9.69 Å². The summed E-state index contributed by atoms with van der Waals surface area (Å²) in [5.74, 6) is 1.89. The zero-order chi connectivity index (χ0) is 17.9. The van der Waals surface area contributed by atoms with Crippen LogP contribution in [0.4, 0.5) is 0 Å². The number of ether oxygens (including phenoxy) is 1. The summed E-state index contributed by atoms with van der Waals surface area (Å²) in [6.45, 7) is 4.84. The number of rotatable bonds is 4. The van der Waals surface area contributed by atoms with E-state index >= 15 is 0 Å². The Morgan fingerprint density at radius 2 is 1.59 bits per heavy atom. The van der Waals surface area contributed by atoms with Crippen molar-refractivity contribution in [3.63, 3.8) is 0 Å². The first kappa shape index (κ1) is 19.7. The quantitative estimate of drug-likeness (QED) is 0.803. The zero-order valence-electron chi connectivity index (χ0n) is 15.7. The van der Waals surface area contributed by atoms with Crippen molar-refractivity contribution in [3.8, 4) is 5.75 Å². The summed E-state index contributed by atoms with van der Waals surface area (Å²) in [5.41, 5.74) is 2.05. The maximum atomic E-state index is 13.0. The molecule has 4 rings (SSSR count). The number of benzene rings is 2. The Morgan fingerprint density at radius 1 is 0.963 bits per heavy atom. The molecule has 0 aliphatic carbocycles. The van der Waals surface area contributed by atoms with E-state index in [0.29, 0.717) is 23.1 Å². The van der Waals surface area contributed by atoms with Crippen molar-refractivity contribution in [2.45, 2.75) is 13.0 Å². The van der Waals surface area contributed by atoms with Crippen LogP contribution in [0.15, 0.2) is 54.6 Å². The van der Waals surface area contributed by atoms with Gasteiger partial charge >= 0.3 is 0 Å². The van der Waals surface area contributed by atoms with Crippen LogP contribution in [-0.2, 0) is 6.54 Å². The molecule has 2 aliphatic heterocycles. The lowest BCUT2D eigenvalue weighted by atomic mass is 9.84. The summed E-state index contributed by atoms with van der Waals surface area (Å²) in [4.78, 5) is 17.6. The lowest BCUT2D eigenvalue weighted by molar-refractivity contribution is 0.0236. The first-order chi connectivity index (χ1) is 12.7. The Bertz CT molecular complexity index is 754. The van der Waals surface area contributed by atoms with Crippen LogP contribution in [0.2, 0.25) is 0 Å². The number of amides is 1. The van der Waals surface area contributed by atoms with Crippen molar-refractivity contribution >= 4 is 18.3 Å². The number of halogens is 1. The number of hydrogen-bond acceptors (Lipinski definition) is 3. The molecule has 0 N–H and O–H groups in total. The van der Waals surface area contributed by atoms with E-state index in [-0.39, 0.29) is 18.3 Å². The number of hydrogen-bond donors (Lipinski definition) is 0. The topological polar surface area (TPSA) is 32.8 Å². The fourth-order valence-electron chi connectivity index (χ4n) is 4.52. The molecule has 2 bridgehead atoms. The highest BCUT2D eigenvalue weighted by Crippen LogP contribution is 2.31. The van der Waals surface area contributed by atoms with Crippen molar-refractivity contribution in [2.75, 3.05) is 33.3 Å². The molecule has 2 heterocycles. The minimum absolute atomic E-state index is 0. The highest BCUT2D eigenvalue weighted by atomic mass is 35.5. The molecule has 0 aromatic heterocycles. The average molecular weight is 387 g/mol. The second-order valence-electron chi connectivity index (χ2n) is 7.56. The fourth-order valence-corrected chi connectivity index (χ4v) is 4.52. The lowest BCUT2D eigenvalue weighted by Crippen LogP contribution is -2.53. The van der Waals surface area contributed by atoms with Crippen LogP contribution in [0, 0.1) is 11.8 Å². The van der Waals surface area contributed by atoms with Crippen LogP contribution >= 0.6 is 12.4 Å². The van der Waals surface area contributed by atoms with Crippen LogP contribution in [0.3, 0.4) is 0 Å². The third-order valence-corrected chi connectivity index (χ3v) is 5.53. The average Bonchev–Trinajstić information content (AvgIpc) is 2.67. The van der Waals surface area contributed by atoms with E-state index in [4.69, 9.17) is 4.74 Å². The summed E-state index contributed by atoms with van der Waals surface area (Å²) < 4.78 is 5.38. The van der Waals surface area contributed by atoms with Gasteiger partial charge in [0.1, 0.15) is 5.75 Å². The van der Waals surface area contributed by atoms with Gasteiger partial charge in [-0.1, -0.05) is 42.5 Å². The van der Waals surface area contributed by atoms with Crippen molar-refractivity contribution in [3.05, 3.63) is 65.7 Å². The van der Waals surface area contributed by atoms with E-state index in [1.54, 1.807) is 7.11 Å². The smallest absolute Gasteiger partial charge is 0.257 e. The van der Waals surface area contributed by atoms with Gasteiger partial charge in [0.15, 0.2) is 0 Å². The molecule has 2 saturated heterocycles. The largest absolute Gasteiger partial charge is 0.496 e. The Labute approximate surface area is 167 Å². The lowest BCUT2D eigenvalue weighted by Gasteiger charge is -2.46. The summed E-state index contributed by atoms with van der Waals surface area (Å²) in [6.07, 6.45) is 1.24. The molecule has 5 heteroatoms. The maximum absolute atomic E-state index is 13.0. The molecule has 2 atom stereocenters. The summed E-state index contributed by atoms with van der Waals surface area (Å²) in [7, 11) is 1.62. The zero-order valence-corrected chi connectivity index (χ0v) is 16.5. The second-order valence-corrected chi connectivity index (χ2v) is 7.56. The molecule has 0 radical (unpaired) electrons. The highest BCUT2D eigenvalue weighted by Gasteiger charge is 2.36. The number of methoxy groups -OCH3 is 1. The number of carbonyl (C=O) groups is 1. The van der Waals surface area contributed by atoms with E-state index in [1.807, 2.05) is 29.2 Å². The molecule has 2 aromatic rings. The molecule has 0 spiro atoms. The number of fused-ring (bicyclic) bond motifs is 2. The van der Waals surface area contributed by atoms with E-state index in [9.17, 15) is 4.79 Å². The van der Waals surface area contributed by atoms with E-state index < -0.39 is 0 Å². The van der Waals surface area contributed by atoms with Crippen LogP contribution < -0.4 is 4.74 Å². The standard InChI is InChI=1S/C22H26N2O2.ClH/c1-26-21-10-6-5-9-20(21)22(25)24-15-18-11-19(16-24)14-23(13-18)12-17-7-3-2-4-8-17;/h2-10,18-19H,11-16H2,1H3;1H. The van der Waals surface area contributed by atoms with Gasteiger partial charge in [0, 0.05) is 32.7 Å². The van der Waals surface area contributed by atoms with Gasteiger partial charge in [-0.15, -0.1) is 12.4 Å². The third kappa shape index (κ3) is 4.45. The summed E-state index contributed by atoms with van der Waals surface area (Å²) in [6, 6.07) is 18.2. The predicted molar refractivity (Wildman–Crippen MR) is 109 cm³/mol. The molecular formula is C22H27ClN2O2. The molecule has 0 saturated carbocycles. The van der Waals surface area contributed by atoms with E-state index in [2.05, 4.69) is 35.2 Å². The molecule has 2 aromatic carbocycles. The molecular weight excluding hydrogens is 360 g/mol. The number of nitrogens with zero attached hydrogens (tertiary/aromatic N) is 2. The minimum Gasteiger partial charge on any atom is -0.496 e. The Hall–Kier alpha value is -2.04. The molecule has 4 nitrogen and oxygen atoms in total. The van der Waals surface area contributed by atoms with Gasteiger partial charge < -0.3 is 9.64 Å². The second kappa shape index (κ2) is 8.77. The number of likely N-dealkylation sites (tertiary alicyclic amines) is 2. The molecule has 2 unspecified atom stereocenters. The van der Waals surface area contributed by atoms with Gasteiger partial charge in [-0.25, -0.2) is 0 Å². The molecule has 2 aliphatic rings. The summed E-state index contributed by atoms with van der Waals surface area (Å²) in [5, 5.41) is 0. The Kier molecular flexibility index (Phi) is 6.40. The monoisotopic (exact) mass is 386 g/mol. The molecule has 2 fully saturated rings. The summed E-state index contributed by atoms with van der Waals surface area (Å²) >= 11 is 0. The fraction of sp³-hybridized carbons (Fsp3) is 0.409. The van der Waals surface area contributed by atoms with Gasteiger partial charge in [0.2, 0.25) is 0 Å². The van der Waals surface area contributed by atoms with Gasteiger partial charge in [0.25, 0.3) is 5.91 Å². The van der Waals surface area contributed by atoms with Crippen molar-refractivity contribution in [1.82, 2.24) is 9.80 Å². The highest BCUT2D eigenvalue weighted by molar-refractivity contribution is 5.97. The van der Waals surface area contributed by atoms with E-state index in [1.165, 1.54) is 12.0 Å². The van der Waals surface area contributed by atoms with Gasteiger partial charge in [-0.05, 0) is 36.0 Å². The molecule has 27 heavy (non-hydrogen) atoms. The molecule has 144 valence electrons. The number of carbonyl (C=O) groups excluding carboxylic acids is 1. The van der Waals surface area contributed by atoms with Crippen molar-refractivity contribution in [1.29, 1.82) is 0 Å². The SMILES string of the molecule is COc1ccccc1C(=O)N1CC2CC(CN(Cc3ccccc3)C2)C1.Cl. The first-order valence-corrected chi connectivity index (χ1v) is 9.41. The Morgan fingerprint density at radius 3 is 2.26 bits per heavy atom. The number of para-hydroxylation sites is 1. The Balaban J connectivity index is 0.00000210. The van der Waals surface area contributed by atoms with Gasteiger partial charge in [-0.2, -0.15) is 0 Å². The van der Waals surface area contributed by atoms with Crippen LogP contribution in [-0.4, -0.2) is 49.0 Å². The van der Waals surface area contributed by atoms with E-state index in [0.717, 1.165) is 32.7 Å². The van der Waals surface area contributed by atoms with Gasteiger partial charge in [0.05, 0.1) is 12.7 Å². The predicted octanol–water partition coefficient (Wildman–Crippen LogP) is 3.71. The minimum atomic E-state index is 0. The normalized spacial score (nSPS) is 22.0. The van der Waals surface area contributed by atoms with Crippen molar-refractivity contribution < 1.29 is 9.53 Å². The molecule has 1 amide bonds. The van der Waals surface area contributed by atoms with Crippen LogP contribution in [0.25, 0.3) is 0 Å². The van der Waals surface area contributed by atoms with Crippen molar-refractivity contribution in [2.24, 2.45) is 11.8 Å².